The molecule has 0 bridgehead atoms. The molecule has 114 valence electrons. The fourth-order valence-electron chi connectivity index (χ4n) is 2.84. The van der Waals surface area contributed by atoms with Crippen LogP contribution in [0.3, 0.4) is 0 Å². The maximum atomic E-state index is 12.1. The highest BCUT2D eigenvalue weighted by Crippen LogP contribution is 2.34. The van der Waals surface area contributed by atoms with Crippen molar-refractivity contribution in [2.24, 2.45) is 11.3 Å². The average Bonchev–Trinajstić information content (AvgIpc) is 3.21. The zero-order chi connectivity index (χ0) is 14.9. The third-order valence-corrected chi connectivity index (χ3v) is 4.88. The SMILES string of the molecule is CC(C(=O)NC1CC1)N1CCCC(C(C)(C)C(=O)O)C1. The largest absolute Gasteiger partial charge is 0.481 e. The molecule has 0 aromatic rings. The number of aliphatic carboxylic acids is 1. The second-order valence-corrected chi connectivity index (χ2v) is 6.82. The van der Waals surface area contributed by atoms with Crippen LogP contribution in [-0.4, -0.2) is 47.1 Å². The van der Waals surface area contributed by atoms with Crippen molar-refractivity contribution < 1.29 is 14.7 Å². The maximum Gasteiger partial charge on any atom is 0.309 e. The van der Waals surface area contributed by atoms with E-state index in [4.69, 9.17) is 0 Å². The van der Waals surface area contributed by atoms with Crippen LogP contribution >= 0.6 is 0 Å². The van der Waals surface area contributed by atoms with Crippen molar-refractivity contribution in [1.82, 2.24) is 10.2 Å². The number of likely N-dealkylation sites (tertiary alicyclic amines) is 1. The maximum absolute atomic E-state index is 12.1. The molecule has 0 spiro atoms. The molecule has 1 amide bonds. The van der Waals surface area contributed by atoms with Crippen molar-refractivity contribution in [3.05, 3.63) is 0 Å². The van der Waals surface area contributed by atoms with Gasteiger partial charge in [0.05, 0.1) is 11.5 Å². The fourth-order valence-corrected chi connectivity index (χ4v) is 2.84. The van der Waals surface area contributed by atoms with Crippen molar-refractivity contribution >= 4 is 11.9 Å². The summed E-state index contributed by atoms with van der Waals surface area (Å²) in [4.78, 5) is 25.6. The van der Waals surface area contributed by atoms with Gasteiger partial charge in [-0.25, -0.2) is 0 Å². The van der Waals surface area contributed by atoms with Gasteiger partial charge in [-0.1, -0.05) is 0 Å². The number of carbonyl (C=O) groups is 2. The Morgan fingerprint density at radius 1 is 1.30 bits per heavy atom. The lowest BCUT2D eigenvalue weighted by Crippen LogP contribution is -2.52. The third-order valence-electron chi connectivity index (χ3n) is 4.88. The zero-order valence-corrected chi connectivity index (χ0v) is 12.7. The summed E-state index contributed by atoms with van der Waals surface area (Å²) in [5, 5.41) is 12.4. The fraction of sp³-hybridized carbons (Fsp3) is 0.867. The highest BCUT2D eigenvalue weighted by molar-refractivity contribution is 5.82. The number of carboxylic acids is 1. The Bertz CT molecular complexity index is 391. The lowest BCUT2D eigenvalue weighted by atomic mass is 9.74. The first-order chi connectivity index (χ1) is 9.32. The summed E-state index contributed by atoms with van der Waals surface area (Å²) in [6, 6.07) is 0.212. The quantitative estimate of drug-likeness (QED) is 0.801. The van der Waals surface area contributed by atoms with E-state index >= 15 is 0 Å². The van der Waals surface area contributed by atoms with Crippen LogP contribution in [0.25, 0.3) is 0 Å². The molecule has 1 saturated heterocycles. The van der Waals surface area contributed by atoms with Gasteiger partial charge in [-0.05, 0) is 58.9 Å². The van der Waals surface area contributed by atoms with E-state index in [0.29, 0.717) is 12.6 Å². The molecule has 5 heteroatoms. The number of nitrogens with zero attached hydrogens (tertiary/aromatic N) is 1. The van der Waals surface area contributed by atoms with Crippen molar-refractivity contribution in [2.75, 3.05) is 13.1 Å². The summed E-state index contributed by atoms with van der Waals surface area (Å²) < 4.78 is 0. The van der Waals surface area contributed by atoms with Gasteiger partial charge in [-0.2, -0.15) is 0 Å². The van der Waals surface area contributed by atoms with Crippen LogP contribution in [-0.2, 0) is 9.59 Å². The first-order valence-electron chi connectivity index (χ1n) is 7.60. The Hall–Kier alpha value is -1.10. The van der Waals surface area contributed by atoms with Gasteiger partial charge >= 0.3 is 5.97 Å². The molecule has 2 rings (SSSR count). The summed E-state index contributed by atoms with van der Waals surface area (Å²) in [6.45, 7) is 7.08. The normalized spacial score (nSPS) is 26.1. The van der Waals surface area contributed by atoms with Crippen LogP contribution in [0.4, 0.5) is 0 Å². The molecule has 2 atom stereocenters. The predicted octanol–water partition coefficient (Wildman–Crippen LogP) is 1.48. The molecule has 0 aromatic carbocycles. The molecule has 1 aliphatic carbocycles. The summed E-state index contributed by atoms with van der Waals surface area (Å²) in [7, 11) is 0. The van der Waals surface area contributed by atoms with Crippen LogP contribution in [0, 0.1) is 11.3 Å². The van der Waals surface area contributed by atoms with Crippen molar-refractivity contribution in [1.29, 1.82) is 0 Å². The number of hydrogen-bond donors (Lipinski definition) is 2. The molecule has 2 unspecified atom stereocenters. The molecule has 1 aliphatic heterocycles. The molecule has 2 N–H and O–H groups in total. The van der Waals surface area contributed by atoms with Crippen LogP contribution in [0.1, 0.15) is 46.5 Å². The van der Waals surface area contributed by atoms with Gasteiger partial charge < -0.3 is 10.4 Å². The van der Waals surface area contributed by atoms with Crippen molar-refractivity contribution in [3.63, 3.8) is 0 Å². The monoisotopic (exact) mass is 282 g/mol. The standard InChI is InChI=1S/C15H26N2O3/c1-10(13(18)16-12-6-7-12)17-8-4-5-11(9-17)15(2,3)14(19)20/h10-12H,4-9H2,1-3H3,(H,16,18)(H,19,20). The Morgan fingerprint density at radius 2 is 1.95 bits per heavy atom. The first kappa shape index (κ1) is 15.3. The second-order valence-electron chi connectivity index (χ2n) is 6.82. The van der Waals surface area contributed by atoms with Crippen LogP contribution in [0.2, 0.25) is 0 Å². The number of piperidine rings is 1. The van der Waals surface area contributed by atoms with Crippen LogP contribution in [0.5, 0.6) is 0 Å². The molecule has 1 saturated carbocycles. The Labute approximate surface area is 120 Å². The molecule has 5 nitrogen and oxygen atoms in total. The van der Waals surface area contributed by atoms with E-state index in [1.54, 1.807) is 13.8 Å². The predicted molar refractivity (Wildman–Crippen MR) is 76.3 cm³/mol. The zero-order valence-electron chi connectivity index (χ0n) is 12.7. The van der Waals surface area contributed by atoms with E-state index in [1.807, 2.05) is 6.92 Å². The van der Waals surface area contributed by atoms with Crippen molar-refractivity contribution in [3.8, 4) is 0 Å². The Balaban J connectivity index is 1.95. The summed E-state index contributed by atoms with van der Waals surface area (Å²) >= 11 is 0. The number of hydrogen-bond acceptors (Lipinski definition) is 3. The van der Waals surface area contributed by atoms with E-state index in [-0.39, 0.29) is 17.9 Å². The molecular weight excluding hydrogens is 256 g/mol. The van der Waals surface area contributed by atoms with E-state index in [9.17, 15) is 14.7 Å². The molecule has 0 aromatic heterocycles. The molecule has 0 radical (unpaired) electrons. The minimum Gasteiger partial charge on any atom is -0.481 e. The van der Waals surface area contributed by atoms with Gasteiger partial charge in [0.1, 0.15) is 0 Å². The minimum absolute atomic E-state index is 0.0845. The highest BCUT2D eigenvalue weighted by atomic mass is 16.4. The number of carbonyl (C=O) groups excluding carboxylic acids is 1. The molecule has 20 heavy (non-hydrogen) atoms. The van der Waals surface area contributed by atoms with Gasteiger partial charge in [0.25, 0.3) is 0 Å². The average molecular weight is 282 g/mol. The topological polar surface area (TPSA) is 69.6 Å². The number of carboxylic acid groups (broad SMARTS) is 1. The van der Waals surface area contributed by atoms with Gasteiger partial charge in [-0.3, -0.25) is 14.5 Å². The van der Waals surface area contributed by atoms with Gasteiger partial charge in [0, 0.05) is 12.6 Å². The third kappa shape index (κ3) is 3.32. The Kier molecular flexibility index (Phi) is 4.37. The van der Waals surface area contributed by atoms with E-state index in [2.05, 4.69) is 10.2 Å². The van der Waals surface area contributed by atoms with E-state index < -0.39 is 11.4 Å². The highest BCUT2D eigenvalue weighted by Gasteiger charge is 2.40. The van der Waals surface area contributed by atoms with E-state index in [0.717, 1.165) is 32.2 Å². The van der Waals surface area contributed by atoms with Crippen molar-refractivity contribution in [2.45, 2.75) is 58.5 Å². The molecule has 2 aliphatic rings. The lowest BCUT2D eigenvalue weighted by Gasteiger charge is -2.41. The first-order valence-corrected chi connectivity index (χ1v) is 7.60. The van der Waals surface area contributed by atoms with Gasteiger partial charge in [0.15, 0.2) is 0 Å². The number of amides is 1. The Morgan fingerprint density at radius 3 is 2.50 bits per heavy atom. The summed E-state index contributed by atoms with van der Waals surface area (Å²) in [5.41, 5.74) is -0.731. The van der Waals surface area contributed by atoms with Crippen LogP contribution < -0.4 is 5.32 Å². The lowest BCUT2D eigenvalue weighted by molar-refractivity contribution is -0.151. The number of rotatable bonds is 5. The van der Waals surface area contributed by atoms with Gasteiger partial charge in [-0.15, -0.1) is 0 Å². The summed E-state index contributed by atoms with van der Waals surface area (Å²) in [6.07, 6.45) is 4.06. The van der Waals surface area contributed by atoms with Gasteiger partial charge in [0.2, 0.25) is 5.91 Å². The number of nitrogens with one attached hydrogen (secondary N) is 1. The van der Waals surface area contributed by atoms with Crippen LogP contribution in [0.15, 0.2) is 0 Å². The molecular formula is C15H26N2O3. The second kappa shape index (κ2) is 5.72. The van der Waals surface area contributed by atoms with E-state index in [1.165, 1.54) is 0 Å². The summed E-state index contributed by atoms with van der Waals surface area (Å²) in [5.74, 6) is -0.564. The molecule has 2 fully saturated rings. The molecule has 1 heterocycles. The smallest absolute Gasteiger partial charge is 0.309 e. The minimum atomic E-state index is -0.751.